The first kappa shape index (κ1) is 14.1. The van der Waals surface area contributed by atoms with Crippen molar-refractivity contribution < 1.29 is 4.39 Å². The van der Waals surface area contributed by atoms with E-state index in [0.717, 1.165) is 31.4 Å². The van der Waals surface area contributed by atoms with Crippen LogP contribution in [0, 0.1) is 5.82 Å². The van der Waals surface area contributed by atoms with Crippen LogP contribution in [0.2, 0.25) is 0 Å². The third kappa shape index (κ3) is 2.54. The number of benzene rings is 2. The van der Waals surface area contributed by atoms with Crippen LogP contribution in [-0.4, -0.2) is 13.1 Å². The number of anilines is 1. The predicted octanol–water partition coefficient (Wildman–Crippen LogP) is 3.67. The summed E-state index contributed by atoms with van der Waals surface area (Å²) >= 11 is 0. The highest BCUT2D eigenvalue weighted by Crippen LogP contribution is 2.40. The van der Waals surface area contributed by atoms with Gasteiger partial charge in [0.15, 0.2) is 0 Å². The molecule has 110 valence electrons. The van der Waals surface area contributed by atoms with Crippen molar-refractivity contribution in [3.8, 4) is 0 Å². The van der Waals surface area contributed by atoms with E-state index in [-0.39, 0.29) is 11.4 Å². The molecule has 1 aliphatic rings. The van der Waals surface area contributed by atoms with Crippen LogP contribution in [0.1, 0.15) is 24.8 Å². The van der Waals surface area contributed by atoms with E-state index in [1.807, 2.05) is 18.2 Å². The fraction of sp³-hybridized carbons (Fsp3) is 0.333. The lowest BCUT2D eigenvalue weighted by Crippen LogP contribution is -2.54. The second-order valence-corrected chi connectivity index (χ2v) is 5.69. The topological polar surface area (TPSA) is 29.3 Å². The summed E-state index contributed by atoms with van der Waals surface area (Å²) in [6.45, 7) is 1.52. The summed E-state index contributed by atoms with van der Waals surface area (Å²) in [5.74, 6) is -0.201. The summed E-state index contributed by atoms with van der Waals surface area (Å²) in [4.78, 5) is 2.39. The molecule has 1 atom stereocenters. The fourth-order valence-corrected chi connectivity index (χ4v) is 3.41. The predicted molar refractivity (Wildman–Crippen MR) is 84.8 cm³/mol. The molecule has 1 unspecified atom stereocenters. The van der Waals surface area contributed by atoms with E-state index in [4.69, 9.17) is 5.73 Å². The highest BCUT2D eigenvalue weighted by molar-refractivity contribution is 5.52. The Balaban J connectivity index is 2.06. The van der Waals surface area contributed by atoms with Gasteiger partial charge in [0.1, 0.15) is 5.82 Å². The lowest BCUT2D eigenvalue weighted by atomic mass is 9.80. The Labute approximate surface area is 125 Å². The summed E-state index contributed by atoms with van der Waals surface area (Å²) in [5, 5.41) is 0. The van der Waals surface area contributed by atoms with Crippen LogP contribution < -0.4 is 10.6 Å². The van der Waals surface area contributed by atoms with E-state index < -0.39 is 0 Å². The zero-order valence-corrected chi connectivity index (χ0v) is 12.1. The maximum absolute atomic E-state index is 13.3. The van der Waals surface area contributed by atoms with Crippen molar-refractivity contribution in [3.63, 3.8) is 0 Å². The molecule has 0 spiro atoms. The summed E-state index contributed by atoms with van der Waals surface area (Å²) in [6, 6.07) is 17.2. The molecule has 2 nitrogen and oxygen atoms in total. The van der Waals surface area contributed by atoms with Crippen LogP contribution >= 0.6 is 0 Å². The number of nitrogens with two attached hydrogens (primary N) is 1. The Bertz CT molecular complexity index is 582. The molecule has 1 saturated heterocycles. The zero-order valence-electron chi connectivity index (χ0n) is 12.1. The minimum atomic E-state index is -0.229. The highest BCUT2D eigenvalue weighted by Gasteiger charge is 2.39. The number of halogens is 1. The Morgan fingerprint density at radius 1 is 1.00 bits per heavy atom. The van der Waals surface area contributed by atoms with Gasteiger partial charge in [0.2, 0.25) is 0 Å². The van der Waals surface area contributed by atoms with Crippen molar-refractivity contribution in [2.75, 3.05) is 18.0 Å². The van der Waals surface area contributed by atoms with E-state index in [1.165, 1.54) is 17.8 Å². The van der Waals surface area contributed by atoms with Crippen LogP contribution in [0.5, 0.6) is 0 Å². The van der Waals surface area contributed by atoms with Crippen molar-refractivity contribution in [2.45, 2.75) is 24.8 Å². The summed E-state index contributed by atoms with van der Waals surface area (Å²) in [6.07, 6.45) is 3.32. The minimum absolute atomic E-state index is 0.201. The van der Waals surface area contributed by atoms with Crippen LogP contribution in [0.3, 0.4) is 0 Å². The quantitative estimate of drug-likeness (QED) is 0.931. The van der Waals surface area contributed by atoms with Gasteiger partial charge >= 0.3 is 0 Å². The van der Waals surface area contributed by atoms with Gasteiger partial charge in [-0.3, -0.25) is 0 Å². The molecule has 1 heterocycles. The largest absolute Gasteiger partial charge is 0.360 e. The number of nitrogens with zero attached hydrogens (tertiary/aromatic N) is 1. The van der Waals surface area contributed by atoms with Gasteiger partial charge in [-0.05, 0) is 49.1 Å². The zero-order chi connectivity index (χ0) is 14.7. The van der Waals surface area contributed by atoms with E-state index >= 15 is 0 Å². The molecule has 2 N–H and O–H groups in total. The number of para-hydroxylation sites is 1. The van der Waals surface area contributed by atoms with Crippen LogP contribution in [0.15, 0.2) is 54.6 Å². The number of hydrogen-bond donors (Lipinski definition) is 1. The van der Waals surface area contributed by atoms with E-state index in [0.29, 0.717) is 6.54 Å². The van der Waals surface area contributed by atoms with E-state index in [2.05, 4.69) is 29.2 Å². The van der Waals surface area contributed by atoms with Gasteiger partial charge in [0, 0.05) is 18.8 Å². The number of piperidine rings is 1. The van der Waals surface area contributed by atoms with Crippen molar-refractivity contribution in [1.82, 2.24) is 0 Å². The Kier molecular flexibility index (Phi) is 3.93. The average Bonchev–Trinajstić information content (AvgIpc) is 2.56. The second-order valence-electron chi connectivity index (χ2n) is 5.69. The van der Waals surface area contributed by atoms with Gasteiger partial charge in [-0.25, -0.2) is 4.39 Å². The third-order valence-electron chi connectivity index (χ3n) is 4.53. The van der Waals surface area contributed by atoms with Crippen molar-refractivity contribution >= 4 is 5.69 Å². The minimum Gasteiger partial charge on any atom is -0.360 e. The van der Waals surface area contributed by atoms with E-state index in [9.17, 15) is 4.39 Å². The smallest absolute Gasteiger partial charge is 0.123 e. The Morgan fingerprint density at radius 2 is 1.71 bits per heavy atom. The first-order valence-electron chi connectivity index (χ1n) is 7.55. The standard InChI is InChI=1S/C18H21FN2/c19-16-10-8-15(9-11-16)18(14-20)12-4-5-13-21(18)17-6-2-1-3-7-17/h1-3,6-11H,4-5,12-14,20H2. The van der Waals surface area contributed by atoms with Gasteiger partial charge in [0.05, 0.1) is 5.54 Å². The molecule has 3 rings (SSSR count). The maximum atomic E-state index is 13.3. The van der Waals surface area contributed by atoms with Gasteiger partial charge in [-0.1, -0.05) is 30.3 Å². The van der Waals surface area contributed by atoms with Gasteiger partial charge in [0.25, 0.3) is 0 Å². The molecule has 0 amide bonds. The van der Waals surface area contributed by atoms with Crippen LogP contribution in [0.25, 0.3) is 0 Å². The Morgan fingerprint density at radius 3 is 2.38 bits per heavy atom. The summed E-state index contributed by atoms with van der Waals surface area (Å²) in [5.41, 5.74) is 8.27. The molecule has 2 aromatic carbocycles. The highest BCUT2D eigenvalue weighted by atomic mass is 19.1. The molecule has 3 heteroatoms. The third-order valence-corrected chi connectivity index (χ3v) is 4.53. The lowest BCUT2D eigenvalue weighted by molar-refractivity contribution is 0.321. The molecule has 0 radical (unpaired) electrons. The van der Waals surface area contributed by atoms with E-state index in [1.54, 1.807) is 0 Å². The SMILES string of the molecule is NCC1(c2ccc(F)cc2)CCCCN1c1ccccc1. The number of hydrogen-bond acceptors (Lipinski definition) is 2. The molecule has 21 heavy (non-hydrogen) atoms. The van der Waals surface area contributed by atoms with Crippen LogP contribution in [0.4, 0.5) is 10.1 Å². The molecule has 1 aliphatic heterocycles. The summed E-state index contributed by atoms with van der Waals surface area (Å²) in [7, 11) is 0. The summed E-state index contributed by atoms with van der Waals surface area (Å²) < 4.78 is 13.3. The Hall–Kier alpha value is -1.87. The first-order valence-corrected chi connectivity index (χ1v) is 7.55. The molecule has 0 saturated carbocycles. The van der Waals surface area contributed by atoms with Crippen molar-refractivity contribution in [2.24, 2.45) is 5.73 Å². The first-order chi connectivity index (χ1) is 10.3. The fourth-order valence-electron chi connectivity index (χ4n) is 3.41. The van der Waals surface area contributed by atoms with Gasteiger partial charge in [-0.2, -0.15) is 0 Å². The lowest BCUT2D eigenvalue weighted by Gasteiger charge is -2.48. The molecule has 0 bridgehead atoms. The molecule has 2 aromatic rings. The average molecular weight is 284 g/mol. The molecule has 0 aliphatic carbocycles. The second kappa shape index (κ2) is 5.86. The number of rotatable bonds is 3. The van der Waals surface area contributed by atoms with Crippen molar-refractivity contribution in [1.29, 1.82) is 0 Å². The maximum Gasteiger partial charge on any atom is 0.123 e. The normalized spacial score (nSPS) is 22.3. The van der Waals surface area contributed by atoms with Gasteiger partial charge in [-0.15, -0.1) is 0 Å². The van der Waals surface area contributed by atoms with Gasteiger partial charge < -0.3 is 10.6 Å². The monoisotopic (exact) mass is 284 g/mol. The van der Waals surface area contributed by atoms with Crippen LogP contribution in [-0.2, 0) is 5.54 Å². The molecular formula is C18H21FN2. The molecular weight excluding hydrogens is 263 g/mol. The van der Waals surface area contributed by atoms with Crippen molar-refractivity contribution in [3.05, 3.63) is 66.0 Å². The molecule has 0 aromatic heterocycles. The molecule has 1 fully saturated rings.